The highest BCUT2D eigenvalue weighted by atomic mass is 32.2. The normalized spacial score (nSPS) is 22.5. The molecular formula is C25H32N2O5S. The Kier molecular flexibility index (Phi) is 6.79. The lowest BCUT2D eigenvalue weighted by atomic mass is 10.1. The molecule has 1 amide bonds. The Balaban J connectivity index is 1.58. The maximum absolute atomic E-state index is 13.5. The minimum atomic E-state index is -3.66. The van der Waals surface area contributed by atoms with Gasteiger partial charge in [-0.05, 0) is 88.1 Å². The van der Waals surface area contributed by atoms with E-state index in [-0.39, 0.29) is 29.1 Å². The topological polar surface area (TPSA) is 76.2 Å². The number of carbonyl (C=O) groups is 1. The van der Waals surface area contributed by atoms with E-state index in [1.54, 1.807) is 19.2 Å². The summed E-state index contributed by atoms with van der Waals surface area (Å²) in [4.78, 5) is 15.5. The molecule has 3 atom stereocenters. The minimum Gasteiger partial charge on any atom is -0.497 e. The van der Waals surface area contributed by atoms with Gasteiger partial charge < -0.3 is 14.4 Å². The van der Waals surface area contributed by atoms with Crippen LogP contribution in [-0.4, -0.2) is 57.1 Å². The fourth-order valence-corrected chi connectivity index (χ4v) is 6.04. The summed E-state index contributed by atoms with van der Waals surface area (Å²) in [5.74, 6) is 1.06. The van der Waals surface area contributed by atoms with E-state index in [4.69, 9.17) is 9.47 Å². The molecule has 2 aromatic carbocycles. The first kappa shape index (κ1) is 23.7. The van der Waals surface area contributed by atoms with E-state index in [1.165, 1.54) is 16.4 Å². The predicted molar refractivity (Wildman–Crippen MR) is 127 cm³/mol. The number of methoxy groups -OCH3 is 1. The smallest absolute Gasteiger partial charge is 0.258 e. The monoisotopic (exact) mass is 472 g/mol. The van der Waals surface area contributed by atoms with Gasteiger partial charge in [-0.2, -0.15) is 4.31 Å². The van der Waals surface area contributed by atoms with Crippen LogP contribution in [0.4, 0.5) is 5.69 Å². The molecule has 1 saturated heterocycles. The van der Waals surface area contributed by atoms with Crippen molar-refractivity contribution < 1.29 is 22.7 Å². The molecule has 0 bridgehead atoms. The van der Waals surface area contributed by atoms with Gasteiger partial charge in [-0.25, -0.2) is 8.42 Å². The van der Waals surface area contributed by atoms with Crippen molar-refractivity contribution in [1.29, 1.82) is 0 Å². The second-order valence-corrected chi connectivity index (χ2v) is 11.0. The molecular weight excluding hydrogens is 440 g/mol. The van der Waals surface area contributed by atoms with Crippen LogP contribution in [0.2, 0.25) is 0 Å². The molecule has 3 unspecified atom stereocenters. The van der Waals surface area contributed by atoms with Crippen LogP contribution in [0.1, 0.15) is 44.0 Å². The summed E-state index contributed by atoms with van der Waals surface area (Å²) in [6, 6.07) is 13.8. The molecule has 0 spiro atoms. The fraction of sp³-hybridized carbons (Fsp3) is 0.480. The molecule has 1 saturated carbocycles. The summed E-state index contributed by atoms with van der Waals surface area (Å²) in [5.41, 5.74) is 1.26. The van der Waals surface area contributed by atoms with Crippen molar-refractivity contribution in [2.24, 2.45) is 5.92 Å². The number of ether oxygens (including phenoxy) is 2. The van der Waals surface area contributed by atoms with E-state index in [1.807, 2.05) is 43.0 Å². The van der Waals surface area contributed by atoms with Crippen LogP contribution in [0.3, 0.4) is 0 Å². The lowest BCUT2D eigenvalue weighted by Crippen LogP contribution is -2.48. The Hall–Kier alpha value is -2.42. The zero-order valence-corrected chi connectivity index (χ0v) is 20.4. The summed E-state index contributed by atoms with van der Waals surface area (Å²) < 4.78 is 38.7. The van der Waals surface area contributed by atoms with Gasteiger partial charge in [-0.3, -0.25) is 4.79 Å². The number of anilines is 1. The van der Waals surface area contributed by atoms with E-state index < -0.39 is 10.0 Å². The van der Waals surface area contributed by atoms with Gasteiger partial charge in [0, 0.05) is 30.4 Å². The number of rotatable bonds is 7. The molecule has 0 radical (unpaired) electrons. The summed E-state index contributed by atoms with van der Waals surface area (Å²) in [5, 5.41) is 0. The first-order valence-corrected chi connectivity index (χ1v) is 12.9. The van der Waals surface area contributed by atoms with Gasteiger partial charge in [0.05, 0.1) is 24.2 Å². The van der Waals surface area contributed by atoms with Gasteiger partial charge >= 0.3 is 0 Å². The van der Waals surface area contributed by atoms with Gasteiger partial charge in [0.15, 0.2) is 0 Å². The number of sulfonamides is 1. The van der Waals surface area contributed by atoms with Gasteiger partial charge in [-0.1, -0.05) is 0 Å². The van der Waals surface area contributed by atoms with E-state index in [0.29, 0.717) is 24.6 Å². The maximum atomic E-state index is 13.5. The number of carbonyl (C=O) groups excluding carboxylic acids is 1. The quantitative estimate of drug-likeness (QED) is 0.610. The third-order valence-corrected chi connectivity index (χ3v) is 8.25. The highest BCUT2D eigenvalue weighted by Gasteiger charge is 2.36. The first-order valence-electron chi connectivity index (χ1n) is 11.4. The van der Waals surface area contributed by atoms with Crippen molar-refractivity contribution in [1.82, 2.24) is 4.31 Å². The molecule has 7 nitrogen and oxygen atoms in total. The first-order chi connectivity index (χ1) is 15.7. The molecule has 8 heteroatoms. The van der Waals surface area contributed by atoms with E-state index in [2.05, 4.69) is 6.92 Å². The van der Waals surface area contributed by atoms with Crippen molar-refractivity contribution >= 4 is 21.6 Å². The lowest BCUT2D eigenvalue weighted by molar-refractivity contribution is -0.0440. The molecule has 0 aromatic heterocycles. The van der Waals surface area contributed by atoms with Gasteiger partial charge in [0.1, 0.15) is 5.75 Å². The van der Waals surface area contributed by atoms with Gasteiger partial charge in [0.2, 0.25) is 10.0 Å². The highest BCUT2D eigenvalue weighted by Crippen LogP contribution is 2.38. The number of nitrogens with zero attached hydrogens (tertiary/aromatic N) is 2. The van der Waals surface area contributed by atoms with Crippen molar-refractivity contribution in [3.63, 3.8) is 0 Å². The summed E-state index contributed by atoms with van der Waals surface area (Å²) >= 11 is 0. The zero-order chi connectivity index (χ0) is 23.8. The third kappa shape index (κ3) is 5.08. The average molecular weight is 473 g/mol. The Morgan fingerprint density at radius 3 is 2.12 bits per heavy atom. The van der Waals surface area contributed by atoms with Gasteiger partial charge in [-0.15, -0.1) is 0 Å². The van der Waals surface area contributed by atoms with Gasteiger partial charge in [0.25, 0.3) is 5.91 Å². The molecule has 1 aliphatic heterocycles. The van der Waals surface area contributed by atoms with E-state index in [9.17, 15) is 13.2 Å². The van der Waals surface area contributed by atoms with Crippen molar-refractivity contribution in [3.05, 3.63) is 54.1 Å². The van der Waals surface area contributed by atoms with Crippen LogP contribution >= 0.6 is 0 Å². The second-order valence-electron chi connectivity index (χ2n) is 9.05. The molecule has 0 N–H and O–H groups in total. The predicted octanol–water partition coefficient (Wildman–Crippen LogP) is 3.94. The molecule has 4 rings (SSSR count). The second kappa shape index (κ2) is 9.44. The van der Waals surface area contributed by atoms with Crippen molar-refractivity contribution in [2.45, 2.75) is 56.8 Å². The molecule has 2 fully saturated rings. The number of hydrogen-bond acceptors (Lipinski definition) is 5. The van der Waals surface area contributed by atoms with Crippen molar-refractivity contribution in [2.75, 3.05) is 25.1 Å². The number of morpholine rings is 1. The number of amides is 1. The van der Waals surface area contributed by atoms with Crippen LogP contribution in [0.25, 0.3) is 0 Å². The Morgan fingerprint density at radius 2 is 1.61 bits per heavy atom. The maximum Gasteiger partial charge on any atom is 0.258 e. The van der Waals surface area contributed by atoms with Crippen LogP contribution in [0.5, 0.6) is 5.75 Å². The number of hydrogen-bond donors (Lipinski definition) is 0. The third-order valence-electron chi connectivity index (χ3n) is 6.41. The van der Waals surface area contributed by atoms with E-state index >= 15 is 0 Å². The Labute approximate surface area is 196 Å². The van der Waals surface area contributed by atoms with E-state index in [0.717, 1.165) is 24.3 Å². The number of benzene rings is 2. The van der Waals surface area contributed by atoms with Crippen LogP contribution in [0.15, 0.2) is 53.4 Å². The Bertz CT molecular complexity index is 1070. The Morgan fingerprint density at radius 1 is 1.03 bits per heavy atom. The molecule has 2 aliphatic rings. The average Bonchev–Trinajstić information content (AvgIpc) is 3.64. The molecule has 1 heterocycles. The SMILES string of the molecule is COc1ccc(N(C(=O)c2ccc(S(=O)(=O)N3CC(C)OC(C)C3)cc2)C(C)C2CC2)cc1. The lowest BCUT2D eigenvalue weighted by Gasteiger charge is -2.34. The van der Waals surface area contributed by atoms with Crippen molar-refractivity contribution in [3.8, 4) is 5.75 Å². The zero-order valence-electron chi connectivity index (χ0n) is 19.6. The van der Waals surface area contributed by atoms with Crippen LogP contribution < -0.4 is 9.64 Å². The summed E-state index contributed by atoms with van der Waals surface area (Å²) in [6.07, 6.45) is 1.89. The highest BCUT2D eigenvalue weighted by molar-refractivity contribution is 7.89. The molecule has 178 valence electrons. The van der Waals surface area contributed by atoms with Crippen LogP contribution in [0, 0.1) is 5.92 Å². The standard InChI is InChI=1S/C25H32N2O5S/c1-17-15-26(16-18(2)32-17)33(29,30)24-13-7-21(8-14-24)25(28)27(19(3)20-5-6-20)22-9-11-23(31-4)12-10-22/h7-14,17-20H,5-6,15-16H2,1-4H3. The summed E-state index contributed by atoms with van der Waals surface area (Å²) in [6.45, 7) is 6.44. The minimum absolute atomic E-state index is 0.0469. The molecule has 1 aliphatic carbocycles. The largest absolute Gasteiger partial charge is 0.497 e. The fourth-order valence-electron chi connectivity index (χ4n) is 4.45. The summed E-state index contributed by atoms with van der Waals surface area (Å²) in [7, 11) is -2.05. The molecule has 33 heavy (non-hydrogen) atoms. The van der Waals surface area contributed by atoms with Crippen LogP contribution in [-0.2, 0) is 14.8 Å². The molecule has 2 aromatic rings.